The van der Waals surface area contributed by atoms with Gasteiger partial charge in [0.1, 0.15) is 0 Å². The van der Waals surface area contributed by atoms with Crippen LogP contribution < -0.4 is 0 Å². The molecule has 0 N–H and O–H groups in total. The summed E-state index contributed by atoms with van der Waals surface area (Å²) in [6.07, 6.45) is 0.818. The summed E-state index contributed by atoms with van der Waals surface area (Å²) in [5.74, 6) is -0.831. The molecule has 0 bridgehead atoms. The second kappa shape index (κ2) is 6.23. The number of methoxy groups -OCH3 is 1. The van der Waals surface area contributed by atoms with Crippen LogP contribution in [0.1, 0.15) is 34.1 Å². The third kappa shape index (κ3) is 4.12. The van der Waals surface area contributed by atoms with Crippen molar-refractivity contribution < 1.29 is 17.9 Å². The van der Waals surface area contributed by atoms with Gasteiger partial charge in [0, 0.05) is 0 Å². The highest BCUT2D eigenvalue weighted by molar-refractivity contribution is 7.92. The fraction of sp³-hybridized carbons (Fsp3) is 0.909. The highest BCUT2D eigenvalue weighted by atomic mass is 32.2. The lowest BCUT2D eigenvalue weighted by molar-refractivity contribution is -0.144. The number of rotatable bonds is 6. The Kier molecular flexibility index (Phi) is 6.00. The molecule has 0 heterocycles. The zero-order valence-electron chi connectivity index (χ0n) is 10.7. The summed E-state index contributed by atoms with van der Waals surface area (Å²) in [5.41, 5.74) is 0. The van der Waals surface area contributed by atoms with Crippen molar-refractivity contribution in [2.24, 2.45) is 11.8 Å². The molecule has 3 atom stereocenters. The highest BCUT2D eigenvalue weighted by Gasteiger charge is 2.32. The monoisotopic (exact) mass is 250 g/mol. The van der Waals surface area contributed by atoms with E-state index >= 15 is 0 Å². The first kappa shape index (κ1) is 15.4. The molecule has 0 aromatic carbocycles. The molecule has 5 heteroatoms. The lowest BCUT2D eigenvalue weighted by Crippen LogP contribution is -2.34. The predicted molar refractivity (Wildman–Crippen MR) is 63.9 cm³/mol. The van der Waals surface area contributed by atoms with Gasteiger partial charge in [-0.05, 0) is 12.8 Å². The number of hydrogen-bond acceptors (Lipinski definition) is 4. The summed E-state index contributed by atoms with van der Waals surface area (Å²) >= 11 is 0. The van der Waals surface area contributed by atoms with Crippen molar-refractivity contribution in [3.8, 4) is 0 Å². The molecule has 0 aromatic rings. The maximum atomic E-state index is 12.0. The maximum Gasteiger partial charge on any atom is 0.309 e. The van der Waals surface area contributed by atoms with Gasteiger partial charge in [-0.25, -0.2) is 8.42 Å². The molecule has 0 radical (unpaired) electrons. The van der Waals surface area contributed by atoms with E-state index in [-0.39, 0.29) is 11.7 Å². The van der Waals surface area contributed by atoms with E-state index in [2.05, 4.69) is 4.74 Å². The first-order chi connectivity index (χ1) is 7.26. The van der Waals surface area contributed by atoms with E-state index in [9.17, 15) is 13.2 Å². The fourth-order valence-corrected chi connectivity index (χ4v) is 3.42. The van der Waals surface area contributed by atoms with E-state index in [0.29, 0.717) is 0 Å². The Hall–Kier alpha value is -0.580. The van der Waals surface area contributed by atoms with Gasteiger partial charge in [0.05, 0.1) is 24.0 Å². The molecule has 16 heavy (non-hydrogen) atoms. The Bertz CT molecular complexity index is 321. The van der Waals surface area contributed by atoms with Crippen molar-refractivity contribution in [3.63, 3.8) is 0 Å². The summed E-state index contributed by atoms with van der Waals surface area (Å²) < 4.78 is 28.5. The first-order valence-corrected chi connectivity index (χ1v) is 7.27. The van der Waals surface area contributed by atoms with Gasteiger partial charge in [-0.15, -0.1) is 0 Å². The molecule has 0 aliphatic carbocycles. The summed E-state index contributed by atoms with van der Waals surface area (Å²) in [5, 5.41) is -0.686. The van der Waals surface area contributed by atoms with Crippen LogP contribution >= 0.6 is 0 Å². The molecule has 0 fully saturated rings. The van der Waals surface area contributed by atoms with Crippen molar-refractivity contribution in [1.82, 2.24) is 0 Å². The van der Waals surface area contributed by atoms with Crippen LogP contribution in [-0.4, -0.2) is 32.5 Å². The zero-order chi connectivity index (χ0) is 12.9. The molecular formula is C11H22O4S. The van der Waals surface area contributed by atoms with Crippen molar-refractivity contribution in [1.29, 1.82) is 0 Å². The van der Waals surface area contributed by atoms with Gasteiger partial charge in [0.2, 0.25) is 0 Å². The average molecular weight is 250 g/mol. The predicted octanol–water partition coefficient (Wildman–Crippen LogP) is 1.64. The summed E-state index contributed by atoms with van der Waals surface area (Å²) in [7, 11) is -1.96. The van der Waals surface area contributed by atoms with Crippen molar-refractivity contribution in [2.45, 2.75) is 39.4 Å². The lowest BCUT2D eigenvalue weighted by Gasteiger charge is -2.20. The quantitative estimate of drug-likeness (QED) is 0.672. The third-order valence-electron chi connectivity index (χ3n) is 3.06. The number of sulfone groups is 1. The Morgan fingerprint density at radius 2 is 1.75 bits per heavy atom. The van der Waals surface area contributed by atoms with Crippen molar-refractivity contribution in [3.05, 3.63) is 0 Å². The van der Waals surface area contributed by atoms with Gasteiger partial charge in [0.15, 0.2) is 9.84 Å². The first-order valence-electron chi connectivity index (χ1n) is 5.55. The average Bonchev–Trinajstić information content (AvgIpc) is 2.24. The van der Waals surface area contributed by atoms with Crippen molar-refractivity contribution in [2.75, 3.05) is 12.9 Å². The van der Waals surface area contributed by atoms with Crippen LogP contribution in [0.15, 0.2) is 0 Å². The van der Waals surface area contributed by atoms with E-state index in [1.807, 2.05) is 13.8 Å². The number of esters is 1. The van der Waals surface area contributed by atoms with Crippen LogP contribution in [0.4, 0.5) is 0 Å². The number of carbonyl (C=O) groups is 1. The Morgan fingerprint density at radius 1 is 1.25 bits per heavy atom. The molecule has 0 aliphatic heterocycles. The zero-order valence-corrected chi connectivity index (χ0v) is 11.5. The Balaban J connectivity index is 4.70. The van der Waals surface area contributed by atoms with Gasteiger partial charge in [-0.3, -0.25) is 4.79 Å². The minimum Gasteiger partial charge on any atom is -0.469 e. The van der Waals surface area contributed by atoms with E-state index in [0.717, 1.165) is 6.42 Å². The minimum atomic E-state index is -3.23. The van der Waals surface area contributed by atoms with E-state index in [1.54, 1.807) is 13.8 Å². The van der Waals surface area contributed by atoms with Crippen LogP contribution in [0.3, 0.4) is 0 Å². The van der Waals surface area contributed by atoms with E-state index in [4.69, 9.17) is 0 Å². The van der Waals surface area contributed by atoms with E-state index < -0.39 is 27.0 Å². The van der Waals surface area contributed by atoms with Gasteiger partial charge in [0.25, 0.3) is 0 Å². The molecule has 0 saturated heterocycles. The van der Waals surface area contributed by atoms with Crippen molar-refractivity contribution >= 4 is 15.8 Å². The second-order valence-corrected chi connectivity index (χ2v) is 6.76. The Labute approximate surface area is 98.3 Å². The smallest absolute Gasteiger partial charge is 0.309 e. The summed E-state index contributed by atoms with van der Waals surface area (Å²) in [6, 6.07) is 0. The van der Waals surface area contributed by atoms with Gasteiger partial charge in [-0.1, -0.05) is 27.2 Å². The molecular weight excluding hydrogens is 228 g/mol. The largest absolute Gasteiger partial charge is 0.469 e. The highest BCUT2D eigenvalue weighted by Crippen LogP contribution is 2.18. The second-order valence-electron chi connectivity index (χ2n) is 4.36. The van der Waals surface area contributed by atoms with Crippen LogP contribution in [0.2, 0.25) is 0 Å². The number of ether oxygens (including phenoxy) is 1. The van der Waals surface area contributed by atoms with Gasteiger partial charge in [-0.2, -0.15) is 0 Å². The lowest BCUT2D eigenvalue weighted by atomic mass is 10.1. The molecule has 0 amide bonds. The topological polar surface area (TPSA) is 60.4 Å². The minimum absolute atomic E-state index is 0.122. The third-order valence-corrected chi connectivity index (χ3v) is 5.63. The maximum absolute atomic E-state index is 12.0. The fourth-order valence-electron chi connectivity index (χ4n) is 1.35. The molecule has 3 unspecified atom stereocenters. The molecule has 0 spiro atoms. The molecule has 0 rings (SSSR count). The molecule has 0 saturated carbocycles. The SMILES string of the molecule is CCC(C)CS(=O)(=O)C(C)C(C)C(=O)OC. The Morgan fingerprint density at radius 3 is 2.12 bits per heavy atom. The molecule has 4 nitrogen and oxygen atoms in total. The van der Waals surface area contributed by atoms with Crippen LogP contribution in [0, 0.1) is 11.8 Å². The van der Waals surface area contributed by atoms with Crippen LogP contribution in [-0.2, 0) is 19.4 Å². The molecule has 0 aliphatic rings. The normalized spacial score (nSPS) is 17.6. The number of carbonyl (C=O) groups excluding carboxylic acids is 1. The van der Waals surface area contributed by atoms with Gasteiger partial charge >= 0.3 is 5.97 Å². The standard InChI is InChI=1S/C11H22O4S/c1-6-8(2)7-16(13,14)10(4)9(3)11(12)15-5/h8-10H,6-7H2,1-5H3. The number of hydrogen-bond donors (Lipinski definition) is 0. The van der Waals surface area contributed by atoms with Crippen LogP contribution in [0.5, 0.6) is 0 Å². The van der Waals surface area contributed by atoms with E-state index in [1.165, 1.54) is 7.11 Å². The summed E-state index contributed by atoms with van der Waals surface area (Å²) in [6.45, 7) is 7.01. The molecule has 96 valence electrons. The summed E-state index contributed by atoms with van der Waals surface area (Å²) in [4.78, 5) is 11.3. The van der Waals surface area contributed by atoms with Crippen LogP contribution in [0.25, 0.3) is 0 Å². The van der Waals surface area contributed by atoms with Gasteiger partial charge < -0.3 is 4.74 Å². The molecule has 0 aromatic heterocycles.